The number of hydrogen-bond acceptors (Lipinski definition) is 3. The Kier molecular flexibility index (Phi) is 5.89. The van der Waals surface area contributed by atoms with Gasteiger partial charge in [-0.25, -0.2) is 8.42 Å². The van der Waals surface area contributed by atoms with Crippen molar-refractivity contribution in [1.82, 2.24) is 0 Å². The van der Waals surface area contributed by atoms with Crippen LogP contribution in [0.5, 0.6) is 0 Å². The standard InChI is InChI=1S/C23H26O3SSi/c1-23(2,3)26-28(21-15-9-5-10-16-21,22-17-11-6-12-18-22)19-27(24,25)20-13-7-4-8-14-20/h4-18H,19H2,1-3H3. The van der Waals surface area contributed by atoms with Gasteiger partial charge in [0.2, 0.25) is 0 Å². The van der Waals surface area contributed by atoms with Crippen molar-refractivity contribution in [2.75, 3.05) is 5.38 Å². The molecule has 3 rings (SSSR count). The van der Waals surface area contributed by atoms with Crippen LogP contribution in [0.2, 0.25) is 0 Å². The number of sulfone groups is 1. The summed E-state index contributed by atoms with van der Waals surface area (Å²) in [5, 5.41) is 1.86. The molecule has 0 N–H and O–H groups in total. The predicted octanol–water partition coefficient (Wildman–Crippen LogP) is 3.57. The summed E-state index contributed by atoms with van der Waals surface area (Å²) in [4.78, 5) is 0.330. The van der Waals surface area contributed by atoms with Crippen LogP contribution in [0.3, 0.4) is 0 Å². The lowest BCUT2D eigenvalue weighted by Gasteiger charge is -2.38. The summed E-state index contributed by atoms with van der Waals surface area (Å²) in [7, 11) is -6.64. The molecular formula is C23H26O3SSi. The van der Waals surface area contributed by atoms with E-state index >= 15 is 0 Å². The topological polar surface area (TPSA) is 43.4 Å². The summed E-state index contributed by atoms with van der Waals surface area (Å²) in [6.07, 6.45) is 0. The van der Waals surface area contributed by atoms with Gasteiger partial charge in [-0.1, -0.05) is 78.9 Å². The number of benzene rings is 3. The van der Waals surface area contributed by atoms with Gasteiger partial charge in [-0.15, -0.1) is 0 Å². The van der Waals surface area contributed by atoms with Crippen molar-refractivity contribution in [3.05, 3.63) is 91.0 Å². The van der Waals surface area contributed by atoms with Crippen molar-refractivity contribution in [2.45, 2.75) is 31.3 Å². The van der Waals surface area contributed by atoms with Crippen LogP contribution in [0.15, 0.2) is 95.9 Å². The molecule has 0 unspecified atom stereocenters. The first-order chi connectivity index (χ1) is 13.2. The molecule has 0 aliphatic carbocycles. The monoisotopic (exact) mass is 410 g/mol. The number of rotatable bonds is 6. The van der Waals surface area contributed by atoms with E-state index in [2.05, 4.69) is 0 Å². The van der Waals surface area contributed by atoms with Gasteiger partial charge in [0.1, 0.15) is 0 Å². The molecule has 0 radical (unpaired) electrons. The van der Waals surface area contributed by atoms with Gasteiger partial charge < -0.3 is 4.43 Å². The van der Waals surface area contributed by atoms with Crippen LogP contribution in [0.1, 0.15) is 20.8 Å². The first kappa shape index (κ1) is 20.5. The molecule has 0 saturated carbocycles. The Hall–Kier alpha value is -2.21. The maximum atomic E-state index is 13.4. The maximum Gasteiger partial charge on any atom is 0.271 e. The smallest absolute Gasteiger partial charge is 0.271 e. The van der Waals surface area contributed by atoms with Gasteiger partial charge in [0, 0.05) is 5.60 Å². The third kappa shape index (κ3) is 4.61. The van der Waals surface area contributed by atoms with E-state index in [1.165, 1.54) is 0 Å². The molecular weight excluding hydrogens is 384 g/mol. The van der Waals surface area contributed by atoms with Crippen molar-refractivity contribution < 1.29 is 12.8 Å². The van der Waals surface area contributed by atoms with Gasteiger partial charge in [-0.3, -0.25) is 0 Å². The minimum atomic E-state index is -3.55. The minimum absolute atomic E-state index is 0.0463. The highest BCUT2D eigenvalue weighted by atomic mass is 32.2. The van der Waals surface area contributed by atoms with Crippen molar-refractivity contribution in [3.63, 3.8) is 0 Å². The molecule has 0 atom stereocenters. The van der Waals surface area contributed by atoms with E-state index in [9.17, 15) is 8.42 Å². The average Bonchev–Trinajstić information content (AvgIpc) is 2.68. The second-order valence-corrected chi connectivity index (χ2v) is 13.7. The van der Waals surface area contributed by atoms with Crippen LogP contribution in [0, 0.1) is 0 Å². The molecule has 0 bridgehead atoms. The summed E-state index contributed by atoms with van der Waals surface area (Å²) in [6.45, 7) is 5.95. The summed E-state index contributed by atoms with van der Waals surface area (Å²) >= 11 is 0. The zero-order valence-corrected chi connectivity index (χ0v) is 18.3. The van der Waals surface area contributed by atoms with Crippen LogP contribution >= 0.6 is 0 Å². The summed E-state index contributed by atoms with van der Waals surface area (Å²) < 4.78 is 33.6. The van der Waals surface area contributed by atoms with Gasteiger partial charge in [-0.2, -0.15) is 0 Å². The van der Waals surface area contributed by atoms with Crippen molar-refractivity contribution >= 4 is 28.5 Å². The van der Waals surface area contributed by atoms with E-state index in [0.717, 1.165) is 10.4 Å². The predicted molar refractivity (Wildman–Crippen MR) is 117 cm³/mol. The summed E-state index contributed by atoms with van der Waals surface area (Å²) in [5.74, 6) is 0. The van der Waals surface area contributed by atoms with Gasteiger partial charge >= 0.3 is 0 Å². The Morgan fingerprint density at radius 3 is 1.50 bits per heavy atom. The fraction of sp³-hybridized carbons (Fsp3) is 0.217. The molecule has 3 nitrogen and oxygen atoms in total. The highest BCUT2D eigenvalue weighted by Crippen LogP contribution is 2.22. The zero-order valence-electron chi connectivity index (χ0n) is 16.5. The van der Waals surface area contributed by atoms with Gasteiger partial charge in [-0.05, 0) is 43.3 Å². The summed E-state index contributed by atoms with van der Waals surface area (Å²) in [6, 6.07) is 28.3. The van der Waals surface area contributed by atoms with Crippen LogP contribution in [-0.4, -0.2) is 27.7 Å². The first-order valence-corrected chi connectivity index (χ1v) is 13.1. The fourth-order valence-electron chi connectivity index (χ4n) is 3.40. The molecule has 0 fully saturated rings. The van der Waals surface area contributed by atoms with Crippen LogP contribution in [-0.2, 0) is 14.3 Å². The average molecular weight is 411 g/mol. The molecule has 0 saturated heterocycles. The van der Waals surface area contributed by atoms with E-state index in [0.29, 0.717) is 4.90 Å². The highest BCUT2D eigenvalue weighted by Gasteiger charge is 2.46. The van der Waals surface area contributed by atoms with Crippen molar-refractivity contribution in [1.29, 1.82) is 0 Å². The first-order valence-electron chi connectivity index (χ1n) is 9.32. The minimum Gasteiger partial charge on any atom is -0.402 e. The molecule has 5 heteroatoms. The third-order valence-corrected chi connectivity index (χ3v) is 12.1. The second-order valence-electron chi connectivity index (χ2n) is 7.85. The Balaban J connectivity index is 2.23. The van der Waals surface area contributed by atoms with Gasteiger partial charge in [0.15, 0.2) is 9.84 Å². The molecule has 0 amide bonds. The molecule has 0 aliphatic rings. The largest absolute Gasteiger partial charge is 0.402 e. The second kappa shape index (κ2) is 8.03. The Morgan fingerprint density at radius 1 is 0.714 bits per heavy atom. The molecule has 0 heterocycles. The van der Waals surface area contributed by atoms with Crippen LogP contribution in [0.4, 0.5) is 0 Å². The maximum absolute atomic E-state index is 13.4. The molecule has 3 aromatic rings. The highest BCUT2D eigenvalue weighted by molar-refractivity contribution is 7.93. The van der Waals surface area contributed by atoms with E-state index in [1.54, 1.807) is 24.3 Å². The molecule has 0 aliphatic heterocycles. The van der Waals surface area contributed by atoms with Crippen molar-refractivity contribution in [2.24, 2.45) is 0 Å². The molecule has 0 aromatic heterocycles. The Morgan fingerprint density at radius 2 is 1.11 bits per heavy atom. The lowest BCUT2D eigenvalue weighted by molar-refractivity contribution is 0.127. The van der Waals surface area contributed by atoms with E-state index in [4.69, 9.17) is 4.43 Å². The van der Waals surface area contributed by atoms with E-state index in [-0.39, 0.29) is 5.38 Å². The Labute approximate surface area is 169 Å². The van der Waals surface area contributed by atoms with Crippen LogP contribution < -0.4 is 10.4 Å². The fourth-order valence-corrected chi connectivity index (χ4v) is 11.4. The molecule has 3 aromatic carbocycles. The normalized spacial score (nSPS) is 12.7. The lowest BCUT2D eigenvalue weighted by Crippen LogP contribution is -2.67. The number of hydrogen-bond donors (Lipinski definition) is 0. The van der Waals surface area contributed by atoms with Crippen molar-refractivity contribution in [3.8, 4) is 0 Å². The van der Waals surface area contributed by atoms with Crippen LogP contribution in [0.25, 0.3) is 0 Å². The van der Waals surface area contributed by atoms with Gasteiger partial charge in [0.25, 0.3) is 8.32 Å². The quantitative estimate of drug-likeness (QED) is 0.584. The Bertz CT molecular complexity index is 956. The molecule has 28 heavy (non-hydrogen) atoms. The summed E-state index contributed by atoms with van der Waals surface area (Å²) in [5.41, 5.74) is -0.496. The van der Waals surface area contributed by atoms with E-state index < -0.39 is 23.8 Å². The van der Waals surface area contributed by atoms with Gasteiger partial charge in [0.05, 0.1) is 10.3 Å². The SMILES string of the molecule is CC(C)(C)O[Si](CS(=O)(=O)c1ccccc1)(c1ccccc1)c1ccccc1. The van der Waals surface area contributed by atoms with E-state index in [1.807, 2.05) is 87.5 Å². The third-order valence-electron chi connectivity index (χ3n) is 4.46. The zero-order chi connectivity index (χ0) is 20.3. The molecule has 146 valence electrons. The lowest BCUT2D eigenvalue weighted by atomic mass is 10.2. The molecule has 0 spiro atoms.